The molecule has 0 nitrogen and oxygen atoms in total. The lowest BCUT2D eigenvalue weighted by Crippen LogP contribution is -2.13. The van der Waals surface area contributed by atoms with Gasteiger partial charge in [0.15, 0.2) is 0 Å². The molecule has 0 amide bonds. The fourth-order valence-corrected chi connectivity index (χ4v) is 1.46. The van der Waals surface area contributed by atoms with Gasteiger partial charge in [-0.1, -0.05) is 51.1 Å². The zero-order valence-corrected chi connectivity index (χ0v) is 8.94. The van der Waals surface area contributed by atoms with Gasteiger partial charge in [-0.15, -0.1) is 0 Å². The van der Waals surface area contributed by atoms with Crippen molar-refractivity contribution in [1.29, 1.82) is 0 Å². The Kier molecular flexibility index (Phi) is 2.60. The van der Waals surface area contributed by atoms with Gasteiger partial charge in [0.25, 0.3) is 0 Å². The van der Waals surface area contributed by atoms with Crippen LogP contribution < -0.4 is 0 Å². The van der Waals surface area contributed by atoms with Crippen LogP contribution in [0.1, 0.15) is 37.5 Å². The van der Waals surface area contributed by atoms with E-state index in [0.29, 0.717) is 0 Å². The molecule has 0 bridgehead atoms. The van der Waals surface area contributed by atoms with Crippen molar-refractivity contribution in [2.45, 2.75) is 33.1 Å². The van der Waals surface area contributed by atoms with E-state index in [1.54, 1.807) is 0 Å². The van der Waals surface area contributed by atoms with Crippen LogP contribution in [0.15, 0.2) is 24.8 Å². The van der Waals surface area contributed by atoms with Crippen molar-refractivity contribution in [1.82, 2.24) is 0 Å². The van der Waals surface area contributed by atoms with Crippen LogP contribution in [0.25, 0.3) is 0 Å². The van der Waals surface area contributed by atoms with E-state index in [4.69, 9.17) is 0 Å². The number of hydrogen-bond acceptors (Lipinski definition) is 0. The van der Waals surface area contributed by atoms with E-state index in [9.17, 15) is 0 Å². The van der Waals surface area contributed by atoms with Gasteiger partial charge in [-0.25, -0.2) is 0 Å². The van der Waals surface area contributed by atoms with Crippen LogP contribution in [-0.2, 0) is 5.41 Å². The molecule has 0 saturated heterocycles. The molecule has 0 saturated carbocycles. The maximum atomic E-state index is 3.72. The Morgan fingerprint density at radius 2 is 1.85 bits per heavy atom. The van der Waals surface area contributed by atoms with Crippen LogP contribution in [0, 0.1) is 13.0 Å². The third-order valence-electron chi connectivity index (χ3n) is 2.17. The van der Waals surface area contributed by atoms with Crippen molar-refractivity contribution in [3.63, 3.8) is 0 Å². The quantitative estimate of drug-likeness (QED) is 0.608. The van der Waals surface area contributed by atoms with Gasteiger partial charge in [-0.05, 0) is 29.5 Å². The fraction of sp³-hybridized carbons (Fsp3) is 0.385. The number of aryl methyl sites for hydroxylation is 1. The first-order valence-corrected chi connectivity index (χ1v) is 4.59. The van der Waals surface area contributed by atoms with Crippen LogP contribution in [0.3, 0.4) is 0 Å². The van der Waals surface area contributed by atoms with E-state index < -0.39 is 0 Å². The maximum Gasteiger partial charge on any atom is -0.0126 e. The minimum absolute atomic E-state index is 0.174. The molecule has 0 heterocycles. The van der Waals surface area contributed by atoms with Crippen LogP contribution in [0.5, 0.6) is 0 Å². The SMILES string of the molecule is C=[C]c1cc(C)ccc1C(C)(C)C. The summed E-state index contributed by atoms with van der Waals surface area (Å²) in [5.74, 6) is 0. The predicted molar refractivity (Wildman–Crippen MR) is 57.9 cm³/mol. The molecule has 1 aromatic rings. The summed E-state index contributed by atoms with van der Waals surface area (Å²) in [6.07, 6.45) is 2.99. The Balaban J connectivity index is 3.29. The second-order valence-electron chi connectivity index (χ2n) is 4.48. The third-order valence-corrected chi connectivity index (χ3v) is 2.17. The second kappa shape index (κ2) is 3.37. The zero-order chi connectivity index (χ0) is 10.1. The first-order valence-electron chi connectivity index (χ1n) is 4.59. The van der Waals surface area contributed by atoms with Crippen molar-refractivity contribution in [2.75, 3.05) is 0 Å². The van der Waals surface area contributed by atoms with Crippen molar-refractivity contribution in [3.05, 3.63) is 47.5 Å². The Hall–Kier alpha value is -1.04. The lowest BCUT2D eigenvalue weighted by atomic mass is 9.83. The van der Waals surface area contributed by atoms with Crippen molar-refractivity contribution < 1.29 is 0 Å². The highest BCUT2D eigenvalue weighted by molar-refractivity contribution is 5.39. The van der Waals surface area contributed by atoms with E-state index in [1.165, 1.54) is 11.1 Å². The molecule has 0 aliphatic carbocycles. The summed E-state index contributed by atoms with van der Waals surface area (Å²) in [5, 5.41) is 0. The largest absolute Gasteiger partial charge is 0.0905 e. The molecule has 1 rings (SSSR count). The normalized spacial score (nSPS) is 11.4. The zero-order valence-electron chi connectivity index (χ0n) is 8.94. The Bertz CT molecular complexity index is 313. The van der Waals surface area contributed by atoms with Gasteiger partial charge in [0.05, 0.1) is 0 Å². The molecule has 0 atom stereocenters. The summed E-state index contributed by atoms with van der Waals surface area (Å²) in [4.78, 5) is 0. The molecule has 69 valence electrons. The minimum Gasteiger partial charge on any atom is -0.0905 e. The molecule has 0 aliphatic rings. The van der Waals surface area contributed by atoms with E-state index in [2.05, 4.69) is 58.5 Å². The lowest BCUT2D eigenvalue weighted by Gasteiger charge is -2.21. The number of hydrogen-bond donors (Lipinski definition) is 0. The molecule has 0 fully saturated rings. The van der Waals surface area contributed by atoms with Gasteiger partial charge in [0.1, 0.15) is 0 Å². The highest BCUT2D eigenvalue weighted by Crippen LogP contribution is 2.26. The summed E-state index contributed by atoms with van der Waals surface area (Å²) in [6.45, 7) is 12.4. The summed E-state index contributed by atoms with van der Waals surface area (Å²) in [7, 11) is 0. The van der Waals surface area contributed by atoms with Crippen molar-refractivity contribution in [2.24, 2.45) is 0 Å². The van der Waals surface area contributed by atoms with Crippen LogP contribution >= 0.6 is 0 Å². The first kappa shape index (κ1) is 10.0. The molecule has 0 N–H and O–H groups in total. The second-order valence-corrected chi connectivity index (χ2v) is 4.48. The maximum absolute atomic E-state index is 3.72. The lowest BCUT2D eigenvalue weighted by molar-refractivity contribution is 0.587. The molecule has 1 aromatic carbocycles. The number of rotatable bonds is 1. The summed E-state index contributed by atoms with van der Waals surface area (Å²) >= 11 is 0. The summed E-state index contributed by atoms with van der Waals surface area (Å²) in [6, 6.07) is 6.44. The van der Waals surface area contributed by atoms with Gasteiger partial charge in [0, 0.05) is 0 Å². The Morgan fingerprint density at radius 1 is 1.23 bits per heavy atom. The number of benzene rings is 1. The van der Waals surface area contributed by atoms with E-state index in [1.807, 2.05) is 0 Å². The smallest absolute Gasteiger partial charge is 0.0126 e. The minimum atomic E-state index is 0.174. The average Bonchev–Trinajstić information content (AvgIpc) is 2.01. The molecular weight excluding hydrogens is 156 g/mol. The van der Waals surface area contributed by atoms with Gasteiger partial charge >= 0.3 is 0 Å². The molecule has 0 aromatic heterocycles. The van der Waals surface area contributed by atoms with Crippen LogP contribution in [-0.4, -0.2) is 0 Å². The summed E-state index contributed by atoms with van der Waals surface area (Å²) in [5.41, 5.74) is 3.88. The molecule has 0 spiro atoms. The van der Waals surface area contributed by atoms with Gasteiger partial charge in [0.2, 0.25) is 0 Å². The van der Waals surface area contributed by atoms with Gasteiger partial charge in [-0.3, -0.25) is 0 Å². The van der Waals surface area contributed by atoms with E-state index >= 15 is 0 Å². The molecule has 13 heavy (non-hydrogen) atoms. The molecular formula is C13H17. The predicted octanol–water partition coefficient (Wildman–Crippen LogP) is 3.63. The fourth-order valence-electron chi connectivity index (χ4n) is 1.46. The van der Waals surface area contributed by atoms with Gasteiger partial charge < -0.3 is 0 Å². The highest BCUT2D eigenvalue weighted by Gasteiger charge is 2.16. The Morgan fingerprint density at radius 3 is 2.31 bits per heavy atom. The van der Waals surface area contributed by atoms with Crippen molar-refractivity contribution >= 4 is 0 Å². The molecule has 0 heteroatoms. The summed E-state index contributed by atoms with van der Waals surface area (Å²) < 4.78 is 0. The first-order chi connectivity index (χ1) is 5.95. The standard InChI is InChI=1S/C13H17/c1-6-11-9-10(2)7-8-12(11)13(3,4)5/h7-9H,1H2,2-5H3. The highest BCUT2D eigenvalue weighted by atomic mass is 14.2. The van der Waals surface area contributed by atoms with Crippen LogP contribution in [0.4, 0.5) is 0 Å². The monoisotopic (exact) mass is 173 g/mol. The van der Waals surface area contributed by atoms with Crippen LogP contribution in [0.2, 0.25) is 0 Å². The third kappa shape index (κ3) is 2.21. The molecule has 0 unspecified atom stereocenters. The van der Waals surface area contributed by atoms with Gasteiger partial charge in [-0.2, -0.15) is 0 Å². The van der Waals surface area contributed by atoms with Crippen molar-refractivity contribution in [3.8, 4) is 0 Å². The molecule has 1 radical (unpaired) electrons. The molecule has 0 aliphatic heterocycles. The van der Waals surface area contributed by atoms with E-state index in [0.717, 1.165) is 5.56 Å². The van der Waals surface area contributed by atoms with E-state index in [-0.39, 0.29) is 5.41 Å². The average molecular weight is 173 g/mol. The topological polar surface area (TPSA) is 0 Å². The Labute approximate surface area is 81.3 Å².